The number of anilines is 2. The van der Waals surface area contributed by atoms with Gasteiger partial charge in [-0.15, -0.1) is 0 Å². The van der Waals surface area contributed by atoms with E-state index in [1.54, 1.807) is 0 Å². The highest BCUT2D eigenvalue weighted by Gasteiger charge is 2.17. The summed E-state index contributed by atoms with van der Waals surface area (Å²) in [6, 6.07) is 8.28. The fourth-order valence-corrected chi connectivity index (χ4v) is 2.62. The van der Waals surface area contributed by atoms with Gasteiger partial charge in [-0.05, 0) is 36.1 Å². The number of likely N-dealkylation sites (N-methyl/N-ethyl adjacent to an activating group) is 1. The van der Waals surface area contributed by atoms with Crippen molar-refractivity contribution in [1.82, 2.24) is 9.97 Å². The second-order valence-electron chi connectivity index (χ2n) is 5.71. The van der Waals surface area contributed by atoms with Gasteiger partial charge in [-0.3, -0.25) is 0 Å². The molecule has 1 aromatic carbocycles. The van der Waals surface area contributed by atoms with Gasteiger partial charge in [-0.25, -0.2) is 9.97 Å². The van der Waals surface area contributed by atoms with E-state index in [0.29, 0.717) is 11.7 Å². The molecule has 20 heavy (non-hydrogen) atoms. The van der Waals surface area contributed by atoms with E-state index in [0.717, 1.165) is 30.0 Å². The van der Waals surface area contributed by atoms with E-state index in [1.165, 1.54) is 11.3 Å². The van der Waals surface area contributed by atoms with Crippen LogP contribution in [-0.2, 0) is 6.42 Å². The highest BCUT2D eigenvalue weighted by Crippen LogP contribution is 2.30. The van der Waals surface area contributed by atoms with Crippen LogP contribution in [0.1, 0.15) is 31.0 Å². The molecule has 2 heterocycles. The van der Waals surface area contributed by atoms with Crippen LogP contribution in [0.2, 0.25) is 0 Å². The lowest BCUT2D eigenvalue weighted by molar-refractivity contribution is 0.818. The lowest BCUT2D eigenvalue weighted by Crippen LogP contribution is -2.12. The minimum absolute atomic E-state index is 0.347. The number of nitrogens with two attached hydrogens (primary N) is 1. The Balaban J connectivity index is 2.05. The molecule has 0 saturated heterocycles. The van der Waals surface area contributed by atoms with Crippen molar-refractivity contribution >= 4 is 11.5 Å². The van der Waals surface area contributed by atoms with Gasteiger partial charge in [-0.1, -0.05) is 13.8 Å². The molecule has 1 aliphatic heterocycles. The van der Waals surface area contributed by atoms with Crippen LogP contribution < -0.4 is 10.6 Å². The average Bonchev–Trinajstić information content (AvgIpc) is 2.79. The maximum atomic E-state index is 5.91. The van der Waals surface area contributed by atoms with Crippen LogP contribution in [0, 0.1) is 0 Å². The molecule has 4 heteroatoms. The quantitative estimate of drug-likeness (QED) is 0.910. The number of hydrogen-bond acceptors (Lipinski definition) is 4. The Morgan fingerprint density at radius 3 is 2.75 bits per heavy atom. The van der Waals surface area contributed by atoms with Crippen molar-refractivity contribution < 1.29 is 0 Å². The zero-order chi connectivity index (χ0) is 14.3. The maximum Gasteiger partial charge on any atom is 0.161 e. The van der Waals surface area contributed by atoms with Crippen molar-refractivity contribution in [2.45, 2.75) is 26.2 Å². The zero-order valence-corrected chi connectivity index (χ0v) is 12.2. The molecule has 1 aliphatic rings. The lowest BCUT2D eigenvalue weighted by atomic mass is 10.1. The number of hydrogen-bond donors (Lipinski definition) is 1. The normalized spacial score (nSPS) is 13.9. The summed E-state index contributed by atoms with van der Waals surface area (Å²) in [6.07, 6.45) is 1.08. The predicted octanol–water partition coefficient (Wildman–Crippen LogP) is 2.84. The Morgan fingerprint density at radius 2 is 2.00 bits per heavy atom. The minimum atomic E-state index is 0.347. The summed E-state index contributed by atoms with van der Waals surface area (Å²) in [4.78, 5) is 11.3. The molecule has 1 aromatic heterocycles. The first kappa shape index (κ1) is 12.9. The van der Waals surface area contributed by atoms with Gasteiger partial charge < -0.3 is 10.6 Å². The number of benzene rings is 1. The van der Waals surface area contributed by atoms with Crippen molar-refractivity contribution in [1.29, 1.82) is 0 Å². The molecule has 104 valence electrons. The van der Waals surface area contributed by atoms with Gasteiger partial charge in [-0.2, -0.15) is 0 Å². The van der Waals surface area contributed by atoms with Crippen LogP contribution in [0.3, 0.4) is 0 Å². The van der Waals surface area contributed by atoms with Crippen molar-refractivity contribution in [2.24, 2.45) is 0 Å². The first-order chi connectivity index (χ1) is 9.54. The summed E-state index contributed by atoms with van der Waals surface area (Å²) < 4.78 is 0. The lowest BCUT2D eigenvalue weighted by Gasteiger charge is -2.12. The third-order valence-electron chi connectivity index (χ3n) is 3.82. The van der Waals surface area contributed by atoms with Gasteiger partial charge in [0.05, 0.1) is 0 Å². The summed E-state index contributed by atoms with van der Waals surface area (Å²) in [6.45, 7) is 5.31. The molecular formula is C16H20N4. The predicted molar refractivity (Wildman–Crippen MR) is 82.9 cm³/mol. The van der Waals surface area contributed by atoms with E-state index in [1.807, 2.05) is 6.07 Å². The minimum Gasteiger partial charge on any atom is -0.384 e. The van der Waals surface area contributed by atoms with E-state index in [-0.39, 0.29) is 0 Å². The van der Waals surface area contributed by atoms with E-state index in [9.17, 15) is 0 Å². The van der Waals surface area contributed by atoms with E-state index < -0.39 is 0 Å². The summed E-state index contributed by atoms with van der Waals surface area (Å²) in [7, 11) is 2.12. The molecule has 0 saturated carbocycles. The molecular weight excluding hydrogens is 248 g/mol. The summed E-state index contributed by atoms with van der Waals surface area (Å²) in [5, 5.41) is 0. The molecule has 0 fully saturated rings. The molecule has 0 unspecified atom stereocenters. The van der Waals surface area contributed by atoms with E-state index in [2.05, 4.69) is 54.0 Å². The van der Waals surface area contributed by atoms with Crippen molar-refractivity contribution in [2.75, 3.05) is 24.2 Å². The van der Waals surface area contributed by atoms with E-state index in [4.69, 9.17) is 5.73 Å². The van der Waals surface area contributed by atoms with Gasteiger partial charge in [0.25, 0.3) is 0 Å². The van der Waals surface area contributed by atoms with Crippen molar-refractivity contribution in [3.8, 4) is 11.4 Å². The van der Waals surface area contributed by atoms with Gasteiger partial charge in [0.2, 0.25) is 0 Å². The molecule has 0 atom stereocenters. The molecule has 0 amide bonds. The van der Waals surface area contributed by atoms with Gasteiger partial charge >= 0.3 is 0 Å². The summed E-state index contributed by atoms with van der Waals surface area (Å²) >= 11 is 0. The number of rotatable bonds is 2. The summed E-state index contributed by atoms with van der Waals surface area (Å²) in [5.74, 6) is 1.61. The fourth-order valence-electron chi connectivity index (χ4n) is 2.62. The second-order valence-corrected chi connectivity index (χ2v) is 5.71. The highest BCUT2D eigenvalue weighted by molar-refractivity contribution is 5.67. The SMILES string of the molecule is CC(C)c1cc(N)nc(-c2ccc3c(c2)CCN3C)n1. The third kappa shape index (κ3) is 2.22. The molecule has 0 bridgehead atoms. The topological polar surface area (TPSA) is 55.0 Å². The first-order valence-corrected chi connectivity index (χ1v) is 7.03. The Hall–Kier alpha value is -2.10. The molecule has 2 aromatic rings. The van der Waals surface area contributed by atoms with Crippen molar-refractivity contribution in [3.05, 3.63) is 35.5 Å². The largest absolute Gasteiger partial charge is 0.384 e. The fraction of sp³-hybridized carbons (Fsp3) is 0.375. The Bertz CT molecular complexity index is 649. The zero-order valence-electron chi connectivity index (χ0n) is 12.2. The highest BCUT2D eigenvalue weighted by atomic mass is 15.1. The van der Waals surface area contributed by atoms with E-state index >= 15 is 0 Å². The van der Waals surface area contributed by atoms with Crippen LogP contribution in [0.25, 0.3) is 11.4 Å². The molecule has 4 nitrogen and oxygen atoms in total. The molecule has 3 rings (SSSR count). The number of nitrogen functional groups attached to an aromatic ring is 1. The van der Waals surface area contributed by atoms with Crippen LogP contribution in [0.4, 0.5) is 11.5 Å². The standard InChI is InChI=1S/C16H20N4/c1-10(2)13-9-15(17)19-16(18-13)12-4-5-14-11(8-12)6-7-20(14)3/h4-5,8-10H,6-7H2,1-3H3,(H2,17,18,19). The Morgan fingerprint density at radius 1 is 1.20 bits per heavy atom. The maximum absolute atomic E-state index is 5.91. The second kappa shape index (κ2) is 4.78. The smallest absolute Gasteiger partial charge is 0.161 e. The Kier molecular flexibility index (Phi) is 3.08. The van der Waals surface area contributed by atoms with Gasteiger partial charge in [0.1, 0.15) is 5.82 Å². The molecule has 0 spiro atoms. The molecule has 0 radical (unpaired) electrons. The monoisotopic (exact) mass is 268 g/mol. The first-order valence-electron chi connectivity index (χ1n) is 7.03. The average molecular weight is 268 g/mol. The van der Waals surface area contributed by atoms with Crippen LogP contribution in [-0.4, -0.2) is 23.6 Å². The number of fused-ring (bicyclic) bond motifs is 1. The Labute approximate surface area is 119 Å². The van der Waals surface area contributed by atoms with Gasteiger partial charge in [0, 0.05) is 36.6 Å². The van der Waals surface area contributed by atoms with Crippen LogP contribution in [0.15, 0.2) is 24.3 Å². The molecule has 0 aliphatic carbocycles. The number of aromatic nitrogens is 2. The van der Waals surface area contributed by atoms with Crippen molar-refractivity contribution in [3.63, 3.8) is 0 Å². The van der Waals surface area contributed by atoms with Crippen LogP contribution >= 0.6 is 0 Å². The van der Waals surface area contributed by atoms with Crippen LogP contribution in [0.5, 0.6) is 0 Å². The summed E-state index contributed by atoms with van der Waals surface area (Å²) in [5.41, 5.74) is 10.6. The third-order valence-corrected chi connectivity index (χ3v) is 3.82. The molecule has 2 N–H and O–H groups in total. The number of nitrogens with zero attached hydrogens (tertiary/aromatic N) is 3. The van der Waals surface area contributed by atoms with Gasteiger partial charge in [0.15, 0.2) is 5.82 Å².